The molecular formula is C18H22N2O. The number of fused-ring (bicyclic) bond motifs is 5. The van der Waals surface area contributed by atoms with E-state index in [0.717, 1.165) is 32.2 Å². The molecule has 2 unspecified atom stereocenters. The zero-order chi connectivity index (χ0) is 14.6. The molecule has 1 N–H and O–H groups in total. The summed E-state index contributed by atoms with van der Waals surface area (Å²) in [5, 5.41) is 1.33. The van der Waals surface area contributed by atoms with Gasteiger partial charge in [-0.3, -0.25) is 4.79 Å². The van der Waals surface area contributed by atoms with E-state index >= 15 is 0 Å². The van der Waals surface area contributed by atoms with Crippen LogP contribution in [0.15, 0.2) is 24.3 Å². The number of nitrogens with one attached hydrogen (secondary N) is 1. The number of aryl methyl sites for hydroxylation is 1. The molecule has 1 aromatic heterocycles. The van der Waals surface area contributed by atoms with Gasteiger partial charge in [-0.25, -0.2) is 0 Å². The smallest absolute Gasteiger partial charge is 0.226 e. The van der Waals surface area contributed by atoms with Gasteiger partial charge in [-0.2, -0.15) is 0 Å². The van der Waals surface area contributed by atoms with Crippen molar-refractivity contribution in [3.05, 3.63) is 35.5 Å². The van der Waals surface area contributed by atoms with Gasteiger partial charge in [0.2, 0.25) is 5.91 Å². The summed E-state index contributed by atoms with van der Waals surface area (Å²) >= 11 is 0. The molecule has 0 bridgehead atoms. The van der Waals surface area contributed by atoms with Crippen LogP contribution in [-0.2, 0) is 16.8 Å². The molecule has 110 valence electrons. The van der Waals surface area contributed by atoms with Gasteiger partial charge in [-0.1, -0.05) is 25.1 Å². The third-order valence-electron chi connectivity index (χ3n) is 5.51. The summed E-state index contributed by atoms with van der Waals surface area (Å²) in [5.74, 6) is 0.499. The first-order valence-corrected chi connectivity index (χ1v) is 8.03. The van der Waals surface area contributed by atoms with E-state index in [1.54, 1.807) is 0 Å². The molecule has 1 saturated heterocycles. The number of carbonyl (C=O) groups is 1. The van der Waals surface area contributed by atoms with Gasteiger partial charge >= 0.3 is 0 Å². The third-order valence-corrected chi connectivity index (χ3v) is 5.51. The molecule has 21 heavy (non-hydrogen) atoms. The molecular weight excluding hydrogens is 260 g/mol. The van der Waals surface area contributed by atoms with Crippen molar-refractivity contribution in [3.8, 4) is 0 Å². The number of carbonyl (C=O) groups excluding carboxylic acids is 1. The number of hydrogen-bond donors (Lipinski definition) is 1. The topological polar surface area (TPSA) is 36.1 Å². The van der Waals surface area contributed by atoms with Crippen LogP contribution in [0.25, 0.3) is 10.9 Å². The van der Waals surface area contributed by atoms with Crippen LogP contribution in [-0.4, -0.2) is 22.3 Å². The van der Waals surface area contributed by atoms with Crippen molar-refractivity contribution in [1.29, 1.82) is 0 Å². The van der Waals surface area contributed by atoms with Gasteiger partial charge in [0, 0.05) is 29.1 Å². The van der Waals surface area contributed by atoms with Crippen molar-refractivity contribution in [2.24, 2.45) is 5.92 Å². The Hall–Kier alpha value is -1.77. The van der Waals surface area contributed by atoms with Crippen LogP contribution in [0, 0.1) is 5.92 Å². The normalized spacial score (nSPS) is 29.1. The lowest BCUT2D eigenvalue weighted by Crippen LogP contribution is -2.53. The van der Waals surface area contributed by atoms with E-state index in [9.17, 15) is 4.79 Å². The van der Waals surface area contributed by atoms with Crippen molar-refractivity contribution in [1.82, 2.24) is 9.88 Å². The summed E-state index contributed by atoms with van der Waals surface area (Å²) < 4.78 is 0. The molecule has 2 aromatic rings. The van der Waals surface area contributed by atoms with Crippen LogP contribution in [0.3, 0.4) is 0 Å². The number of amides is 1. The van der Waals surface area contributed by atoms with E-state index in [1.165, 1.54) is 22.2 Å². The fourth-order valence-corrected chi connectivity index (χ4v) is 4.22. The van der Waals surface area contributed by atoms with E-state index in [-0.39, 0.29) is 11.5 Å². The molecule has 0 radical (unpaired) electrons. The Morgan fingerprint density at radius 2 is 2.14 bits per heavy atom. The fourth-order valence-electron chi connectivity index (χ4n) is 4.22. The lowest BCUT2D eigenvalue weighted by molar-refractivity contribution is -0.147. The van der Waals surface area contributed by atoms with Gasteiger partial charge in [-0.05, 0) is 44.2 Å². The minimum absolute atomic E-state index is 0.158. The number of piperidine rings is 1. The largest absolute Gasteiger partial charge is 0.356 e. The minimum Gasteiger partial charge on any atom is -0.356 e. The Kier molecular flexibility index (Phi) is 2.69. The molecule has 1 fully saturated rings. The highest BCUT2D eigenvalue weighted by Gasteiger charge is 2.45. The maximum Gasteiger partial charge on any atom is 0.226 e. The molecule has 0 saturated carbocycles. The van der Waals surface area contributed by atoms with Gasteiger partial charge in [0.25, 0.3) is 0 Å². The average Bonchev–Trinajstić information content (AvgIpc) is 2.79. The summed E-state index contributed by atoms with van der Waals surface area (Å²) in [6.07, 6.45) is 4.16. The second-order valence-electron chi connectivity index (χ2n) is 6.83. The van der Waals surface area contributed by atoms with Crippen molar-refractivity contribution < 1.29 is 4.79 Å². The molecule has 2 atom stereocenters. The van der Waals surface area contributed by atoms with Crippen LogP contribution in [0.2, 0.25) is 0 Å². The number of aromatic amines is 1. The Balaban J connectivity index is 1.93. The van der Waals surface area contributed by atoms with Crippen LogP contribution < -0.4 is 0 Å². The molecule has 0 aliphatic carbocycles. The van der Waals surface area contributed by atoms with Crippen molar-refractivity contribution >= 4 is 16.8 Å². The van der Waals surface area contributed by atoms with E-state index < -0.39 is 0 Å². The van der Waals surface area contributed by atoms with Crippen LogP contribution in [0.4, 0.5) is 0 Å². The molecule has 3 nitrogen and oxygen atoms in total. The number of para-hydroxylation sites is 1. The van der Waals surface area contributed by atoms with Crippen LogP contribution in [0.5, 0.6) is 0 Å². The first kappa shape index (κ1) is 12.9. The van der Waals surface area contributed by atoms with Crippen molar-refractivity contribution in [2.75, 3.05) is 6.54 Å². The predicted molar refractivity (Wildman–Crippen MR) is 84.1 cm³/mol. The van der Waals surface area contributed by atoms with Crippen LogP contribution >= 0.6 is 0 Å². The molecule has 1 aromatic carbocycles. The molecule has 2 aliphatic heterocycles. The quantitative estimate of drug-likeness (QED) is 0.787. The Morgan fingerprint density at radius 1 is 1.33 bits per heavy atom. The van der Waals surface area contributed by atoms with E-state index in [0.29, 0.717) is 5.91 Å². The summed E-state index contributed by atoms with van der Waals surface area (Å²) in [7, 11) is 0. The highest BCUT2D eigenvalue weighted by Crippen LogP contribution is 2.44. The Morgan fingerprint density at radius 3 is 3.00 bits per heavy atom. The standard InChI is InChI=1S/C18H22N2O/c1-12-9-10-18(2)16-14(7-5-11-20(18)17(12)21)13-6-3-4-8-15(13)19-16/h3-4,6,8,12,19H,5,7,9-11H2,1-2H3. The van der Waals surface area contributed by atoms with Gasteiger partial charge in [0.15, 0.2) is 0 Å². The SMILES string of the molecule is CC1CCC2(C)c3[nH]c4ccccc4c3CCCN2C1=O. The maximum atomic E-state index is 12.7. The average molecular weight is 282 g/mol. The fraction of sp³-hybridized carbons (Fsp3) is 0.500. The Labute approximate surface area is 125 Å². The number of hydrogen-bond acceptors (Lipinski definition) is 1. The second kappa shape index (κ2) is 4.36. The highest BCUT2D eigenvalue weighted by atomic mass is 16.2. The number of rotatable bonds is 0. The molecule has 3 heteroatoms. The zero-order valence-electron chi connectivity index (χ0n) is 12.8. The molecule has 0 spiro atoms. The first-order chi connectivity index (χ1) is 10.1. The molecule has 3 heterocycles. The molecule has 4 rings (SSSR count). The monoisotopic (exact) mass is 282 g/mol. The second-order valence-corrected chi connectivity index (χ2v) is 6.83. The number of benzene rings is 1. The lowest BCUT2D eigenvalue weighted by Gasteiger charge is -2.46. The number of aromatic nitrogens is 1. The first-order valence-electron chi connectivity index (χ1n) is 8.03. The van der Waals surface area contributed by atoms with Crippen molar-refractivity contribution in [2.45, 2.75) is 45.1 Å². The maximum absolute atomic E-state index is 12.7. The lowest BCUT2D eigenvalue weighted by atomic mass is 9.80. The van der Waals surface area contributed by atoms with Gasteiger partial charge in [0.1, 0.15) is 0 Å². The third kappa shape index (κ3) is 1.69. The Bertz CT molecular complexity index is 717. The summed E-state index contributed by atoms with van der Waals surface area (Å²) in [5.41, 5.74) is 3.75. The van der Waals surface area contributed by atoms with Gasteiger partial charge in [-0.15, -0.1) is 0 Å². The van der Waals surface area contributed by atoms with E-state index in [2.05, 4.69) is 48.0 Å². The summed E-state index contributed by atoms with van der Waals surface area (Å²) in [6.45, 7) is 5.20. The molecule has 2 aliphatic rings. The van der Waals surface area contributed by atoms with Gasteiger partial charge in [0.05, 0.1) is 5.54 Å². The minimum atomic E-state index is -0.158. The van der Waals surface area contributed by atoms with E-state index in [4.69, 9.17) is 0 Å². The summed E-state index contributed by atoms with van der Waals surface area (Å²) in [6, 6.07) is 8.53. The summed E-state index contributed by atoms with van der Waals surface area (Å²) in [4.78, 5) is 18.4. The van der Waals surface area contributed by atoms with Crippen molar-refractivity contribution in [3.63, 3.8) is 0 Å². The zero-order valence-corrected chi connectivity index (χ0v) is 12.8. The highest BCUT2D eigenvalue weighted by molar-refractivity contribution is 5.86. The van der Waals surface area contributed by atoms with Crippen LogP contribution in [0.1, 0.15) is 44.4 Å². The van der Waals surface area contributed by atoms with E-state index in [1.807, 2.05) is 0 Å². The number of nitrogens with zero attached hydrogens (tertiary/aromatic N) is 1. The molecule has 1 amide bonds. The van der Waals surface area contributed by atoms with Gasteiger partial charge < -0.3 is 9.88 Å². The predicted octanol–water partition coefficient (Wildman–Crippen LogP) is 3.59. The number of H-pyrrole nitrogens is 1.